The zero-order valence-electron chi connectivity index (χ0n) is 13.5. The van der Waals surface area contributed by atoms with Gasteiger partial charge in [-0.2, -0.15) is 0 Å². The standard InChI is InChI=1S/C16H21FN6/c1-18-16(22(2)11-12-5-3-6-13(17)9-12)19-10-15-21-20-14-7-4-8-23(14)15/h3,5-6,9H,4,7-8,10-11H2,1-2H3,(H,18,19). The molecule has 1 aliphatic rings. The summed E-state index contributed by atoms with van der Waals surface area (Å²) in [6, 6.07) is 6.60. The minimum atomic E-state index is -0.224. The van der Waals surface area contributed by atoms with Crippen LogP contribution in [0.25, 0.3) is 0 Å². The van der Waals surface area contributed by atoms with Crippen molar-refractivity contribution in [2.24, 2.45) is 4.99 Å². The Morgan fingerprint density at radius 1 is 1.43 bits per heavy atom. The Kier molecular flexibility index (Phi) is 4.55. The molecule has 1 aromatic carbocycles. The number of guanidine groups is 1. The summed E-state index contributed by atoms with van der Waals surface area (Å²) in [6.07, 6.45) is 2.13. The fourth-order valence-corrected chi connectivity index (χ4v) is 2.87. The van der Waals surface area contributed by atoms with Crippen LogP contribution in [-0.4, -0.2) is 39.7 Å². The Morgan fingerprint density at radius 2 is 2.30 bits per heavy atom. The third kappa shape index (κ3) is 3.49. The van der Waals surface area contributed by atoms with Crippen molar-refractivity contribution in [3.05, 3.63) is 47.3 Å². The van der Waals surface area contributed by atoms with Crippen LogP contribution in [0.15, 0.2) is 29.3 Å². The second-order valence-corrected chi connectivity index (χ2v) is 5.67. The van der Waals surface area contributed by atoms with Gasteiger partial charge in [-0.25, -0.2) is 4.39 Å². The summed E-state index contributed by atoms with van der Waals surface area (Å²) in [4.78, 5) is 6.23. The van der Waals surface area contributed by atoms with Gasteiger partial charge in [0, 0.05) is 33.6 Å². The predicted octanol–water partition coefficient (Wildman–Crippen LogP) is 1.57. The van der Waals surface area contributed by atoms with E-state index < -0.39 is 0 Å². The fourth-order valence-electron chi connectivity index (χ4n) is 2.87. The first-order valence-corrected chi connectivity index (χ1v) is 7.74. The van der Waals surface area contributed by atoms with Crippen LogP contribution in [0.2, 0.25) is 0 Å². The van der Waals surface area contributed by atoms with E-state index in [1.807, 2.05) is 18.0 Å². The molecule has 0 fully saturated rings. The molecule has 0 amide bonds. The van der Waals surface area contributed by atoms with E-state index in [1.165, 1.54) is 12.1 Å². The highest BCUT2D eigenvalue weighted by Crippen LogP contribution is 2.13. The number of rotatable bonds is 4. The van der Waals surface area contributed by atoms with Crippen molar-refractivity contribution in [2.45, 2.75) is 32.5 Å². The number of aromatic nitrogens is 3. The van der Waals surface area contributed by atoms with E-state index in [0.717, 1.165) is 42.6 Å². The Balaban J connectivity index is 1.61. The van der Waals surface area contributed by atoms with Gasteiger partial charge in [0.05, 0.1) is 6.54 Å². The maximum absolute atomic E-state index is 13.3. The number of hydrogen-bond donors (Lipinski definition) is 1. The molecule has 1 N–H and O–H groups in total. The fraction of sp³-hybridized carbons (Fsp3) is 0.438. The SMILES string of the molecule is CN=C(NCc1nnc2n1CCC2)N(C)Cc1cccc(F)c1. The quantitative estimate of drug-likeness (QED) is 0.687. The summed E-state index contributed by atoms with van der Waals surface area (Å²) in [6.45, 7) is 2.14. The van der Waals surface area contributed by atoms with Crippen LogP contribution in [0.4, 0.5) is 4.39 Å². The highest BCUT2D eigenvalue weighted by Gasteiger charge is 2.17. The van der Waals surface area contributed by atoms with Crippen LogP contribution in [0.3, 0.4) is 0 Å². The summed E-state index contributed by atoms with van der Waals surface area (Å²) in [5.74, 6) is 2.50. The molecule has 23 heavy (non-hydrogen) atoms. The van der Waals surface area contributed by atoms with Crippen molar-refractivity contribution < 1.29 is 4.39 Å². The number of aliphatic imine (C=N–C) groups is 1. The molecule has 1 aliphatic heterocycles. The summed E-state index contributed by atoms with van der Waals surface area (Å²) >= 11 is 0. The lowest BCUT2D eigenvalue weighted by Crippen LogP contribution is -2.38. The van der Waals surface area contributed by atoms with Crippen LogP contribution in [0.1, 0.15) is 23.6 Å². The Bertz CT molecular complexity index is 708. The summed E-state index contributed by atoms with van der Waals surface area (Å²) in [5.41, 5.74) is 0.902. The van der Waals surface area contributed by atoms with E-state index in [9.17, 15) is 4.39 Å². The lowest BCUT2D eigenvalue weighted by Gasteiger charge is -2.22. The molecule has 2 aromatic rings. The normalized spacial score (nSPS) is 14.0. The van der Waals surface area contributed by atoms with E-state index in [4.69, 9.17) is 0 Å². The molecule has 6 nitrogen and oxygen atoms in total. The molecule has 0 unspecified atom stereocenters. The van der Waals surface area contributed by atoms with E-state index in [-0.39, 0.29) is 5.82 Å². The highest BCUT2D eigenvalue weighted by molar-refractivity contribution is 5.79. The number of halogens is 1. The van der Waals surface area contributed by atoms with Crippen LogP contribution in [0, 0.1) is 5.82 Å². The Morgan fingerprint density at radius 3 is 3.09 bits per heavy atom. The molecule has 7 heteroatoms. The minimum Gasteiger partial charge on any atom is -0.349 e. The summed E-state index contributed by atoms with van der Waals surface area (Å²) in [5, 5.41) is 11.7. The lowest BCUT2D eigenvalue weighted by atomic mass is 10.2. The number of aryl methyl sites for hydroxylation is 1. The van der Waals surface area contributed by atoms with Gasteiger partial charge in [0.1, 0.15) is 11.6 Å². The first-order chi connectivity index (χ1) is 11.2. The van der Waals surface area contributed by atoms with Gasteiger partial charge in [0.25, 0.3) is 0 Å². The van der Waals surface area contributed by atoms with Gasteiger partial charge in [-0.05, 0) is 24.1 Å². The zero-order valence-corrected chi connectivity index (χ0v) is 13.5. The minimum absolute atomic E-state index is 0.224. The van der Waals surface area contributed by atoms with Crippen LogP contribution in [-0.2, 0) is 26.1 Å². The lowest BCUT2D eigenvalue weighted by molar-refractivity contribution is 0.472. The van der Waals surface area contributed by atoms with Crippen LogP contribution in [0.5, 0.6) is 0 Å². The van der Waals surface area contributed by atoms with Gasteiger partial charge in [-0.15, -0.1) is 10.2 Å². The van der Waals surface area contributed by atoms with Crippen molar-refractivity contribution in [2.75, 3.05) is 14.1 Å². The van der Waals surface area contributed by atoms with Crippen LogP contribution >= 0.6 is 0 Å². The molecular weight excluding hydrogens is 295 g/mol. The number of fused-ring (bicyclic) bond motifs is 1. The van der Waals surface area contributed by atoms with E-state index in [0.29, 0.717) is 13.1 Å². The number of nitrogens with zero attached hydrogens (tertiary/aromatic N) is 5. The third-order valence-electron chi connectivity index (χ3n) is 3.97. The molecule has 0 spiro atoms. The van der Waals surface area contributed by atoms with Crippen molar-refractivity contribution >= 4 is 5.96 Å². The van der Waals surface area contributed by atoms with Gasteiger partial charge >= 0.3 is 0 Å². The van der Waals surface area contributed by atoms with E-state index in [2.05, 4.69) is 25.1 Å². The Labute approximate surface area is 135 Å². The monoisotopic (exact) mass is 316 g/mol. The van der Waals surface area contributed by atoms with Gasteiger partial charge in [0.2, 0.25) is 0 Å². The van der Waals surface area contributed by atoms with Gasteiger partial charge in [0.15, 0.2) is 11.8 Å². The largest absolute Gasteiger partial charge is 0.349 e. The molecule has 122 valence electrons. The number of nitrogens with one attached hydrogen (secondary N) is 1. The topological polar surface area (TPSA) is 58.3 Å². The number of hydrogen-bond acceptors (Lipinski definition) is 3. The van der Waals surface area contributed by atoms with Crippen LogP contribution < -0.4 is 5.32 Å². The number of benzene rings is 1. The molecular formula is C16H21FN6. The summed E-state index contributed by atoms with van der Waals surface area (Å²) < 4.78 is 15.4. The van der Waals surface area contributed by atoms with Crippen molar-refractivity contribution in [3.63, 3.8) is 0 Å². The summed E-state index contributed by atoms with van der Waals surface area (Å²) in [7, 11) is 3.66. The van der Waals surface area contributed by atoms with Crippen molar-refractivity contribution in [1.29, 1.82) is 0 Å². The molecule has 0 radical (unpaired) electrons. The van der Waals surface area contributed by atoms with Gasteiger partial charge in [-0.1, -0.05) is 12.1 Å². The smallest absolute Gasteiger partial charge is 0.194 e. The average molecular weight is 316 g/mol. The molecule has 2 heterocycles. The molecule has 0 aliphatic carbocycles. The van der Waals surface area contributed by atoms with Gasteiger partial charge in [-0.3, -0.25) is 4.99 Å². The molecule has 0 atom stereocenters. The molecule has 0 saturated heterocycles. The molecule has 0 saturated carbocycles. The second kappa shape index (κ2) is 6.76. The maximum atomic E-state index is 13.3. The zero-order chi connectivity index (χ0) is 16.2. The average Bonchev–Trinajstić information content (AvgIpc) is 3.12. The highest BCUT2D eigenvalue weighted by atomic mass is 19.1. The maximum Gasteiger partial charge on any atom is 0.194 e. The first kappa shape index (κ1) is 15.5. The van der Waals surface area contributed by atoms with E-state index >= 15 is 0 Å². The predicted molar refractivity (Wildman–Crippen MR) is 86.4 cm³/mol. The third-order valence-corrected chi connectivity index (χ3v) is 3.97. The molecule has 0 bridgehead atoms. The van der Waals surface area contributed by atoms with Crippen molar-refractivity contribution in [3.8, 4) is 0 Å². The molecule has 1 aromatic heterocycles. The van der Waals surface area contributed by atoms with Crippen molar-refractivity contribution in [1.82, 2.24) is 25.0 Å². The first-order valence-electron chi connectivity index (χ1n) is 7.74. The van der Waals surface area contributed by atoms with Gasteiger partial charge < -0.3 is 14.8 Å². The van der Waals surface area contributed by atoms with E-state index in [1.54, 1.807) is 13.1 Å². The molecule has 3 rings (SSSR count). The Hall–Kier alpha value is -2.44. The second-order valence-electron chi connectivity index (χ2n) is 5.67.